The number of aromatic nitrogens is 1. The van der Waals surface area contributed by atoms with Crippen molar-refractivity contribution in [3.05, 3.63) is 52.0 Å². The van der Waals surface area contributed by atoms with Gasteiger partial charge in [0.15, 0.2) is 5.58 Å². The van der Waals surface area contributed by atoms with Crippen LogP contribution in [-0.4, -0.2) is 4.98 Å². The molecule has 0 atom stereocenters. The number of H-pyrrole nitrogens is 1. The van der Waals surface area contributed by atoms with Gasteiger partial charge in [0.05, 0.1) is 5.52 Å². The number of aryl methyl sites for hydroxylation is 2. The first kappa shape index (κ1) is 12.9. The molecule has 5 heteroatoms. The molecule has 1 aromatic heterocycles. The van der Waals surface area contributed by atoms with Gasteiger partial charge in [-0.05, 0) is 31.5 Å². The van der Waals surface area contributed by atoms with Crippen LogP contribution in [-0.2, 0) is 0 Å². The number of hydrogen-bond acceptors (Lipinski definition) is 4. The van der Waals surface area contributed by atoms with Crippen LogP contribution in [0.3, 0.4) is 0 Å². The summed E-state index contributed by atoms with van der Waals surface area (Å²) in [5.74, 6) is -0.465. The van der Waals surface area contributed by atoms with Crippen LogP contribution in [0.25, 0.3) is 11.1 Å². The van der Waals surface area contributed by atoms with E-state index in [1.54, 1.807) is 17.8 Å². The number of rotatable bonds is 2. The third-order valence-electron chi connectivity index (χ3n) is 3.10. The van der Waals surface area contributed by atoms with Gasteiger partial charge < -0.3 is 10.2 Å². The molecule has 0 unspecified atom stereocenters. The van der Waals surface area contributed by atoms with Crippen molar-refractivity contribution in [1.82, 2.24) is 4.98 Å². The highest BCUT2D eigenvalue weighted by atomic mass is 32.2. The summed E-state index contributed by atoms with van der Waals surface area (Å²) >= 11 is 1.58. The normalized spacial score (nSPS) is 11.1. The summed E-state index contributed by atoms with van der Waals surface area (Å²) < 4.78 is 4.99. The fourth-order valence-electron chi connectivity index (χ4n) is 2.11. The van der Waals surface area contributed by atoms with E-state index >= 15 is 0 Å². The van der Waals surface area contributed by atoms with Crippen LogP contribution >= 0.6 is 11.8 Å². The summed E-state index contributed by atoms with van der Waals surface area (Å²) in [7, 11) is 0. The summed E-state index contributed by atoms with van der Waals surface area (Å²) in [6, 6.07) is 9.82. The van der Waals surface area contributed by atoms with Crippen LogP contribution in [0.5, 0.6) is 0 Å². The number of hydrogen-bond donors (Lipinski definition) is 2. The minimum Gasteiger partial charge on any atom is -0.408 e. The zero-order chi connectivity index (χ0) is 14.3. The molecule has 2 aromatic carbocycles. The van der Waals surface area contributed by atoms with E-state index in [4.69, 9.17) is 10.2 Å². The first-order valence-electron chi connectivity index (χ1n) is 6.20. The fraction of sp³-hybridized carbons (Fsp3) is 0.133. The minimum absolute atomic E-state index is 0.465. The third kappa shape index (κ3) is 2.32. The number of nitrogen functional groups attached to an aromatic ring is 1. The van der Waals surface area contributed by atoms with E-state index in [0.717, 1.165) is 9.79 Å². The molecule has 0 saturated heterocycles. The predicted molar refractivity (Wildman–Crippen MR) is 81.3 cm³/mol. The predicted octanol–water partition coefficient (Wildman–Crippen LogP) is 3.47. The number of fused-ring (bicyclic) bond motifs is 1. The molecule has 3 N–H and O–H groups in total. The van der Waals surface area contributed by atoms with E-state index in [2.05, 4.69) is 37.0 Å². The number of aromatic amines is 1. The molecule has 1 heterocycles. The average Bonchev–Trinajstić information content (AvgIpc) is 2.72. The van der Waals surface area contributed by atoms with Crippen molar-refractivity contribution in [2.75, 3.05) is 5.73 Å². The van der Waals surface area contributed by atoms with Crippen molar-refractivity contribution in [1.29, 1.82) is 0 Å². The highest BCUT2D eigenvalue weighted by molar-refractivity contribution is 7.99. The Balaban J connectivity index is 2.05. The maximum Gasteiger partial charge on any atom is 0.417 e. The van der Waals surface area contributed by atoms with Gasteiger partial charge in [0, 0.05) is 21.5 Å². The molecule has 102 valence electrons. The fourth-order valence-corrected chi connectivity index (χ4v) is 3.06. The van der Waals surface area contributed by atoms with Gasteiger partial charge in [-0.15, -0.1) is 0 Å². The molecule has 3 aromatic rings. The van der Waals surface area contributed by atoms with Crippen molar-refractivity contribution < 1.29 is 4.42 Å². The van der Waals surface area contributed by atoms with Crippen LogP contribution in [0.1, 0.15) is 11.1 Å². The van der Waals surface area contributed by atoms with Crippen molar-refractivity contribution in [3.63, 3.8) is 0 Å². The maximum atomic E-state index is 11.2. The van der Waals surface area contributed by atoms with Crippen molar-refractivity contribution in [2.24, 2.45) is 0 Å². The summed E-state index contributed by atoms with van der Waals surface area (Å²) in [4.78, 5) is 15.9. The summed E-state index contributed by atoms with van der Waals surface area (Å²) in [6.07, 6.45) is 0. The first-order chi connectivity index (χ1) is 9.52. The topological polar surface area (TPSA) is 72.0 Å². The summed E-state index contributed by atoms with van der Waals surface area (Å²) in [5, 5.41) is 0. The average molecular weight is 286 g/mol. The lowest BCUT2D eigenvalue weighted by molar-refractivity contribution is 0.555. The van der Waals surface area contributed by atoms with Crippen molar-refractivity contribution in [2.45, 2.75) is 23.6 Å². The molecule has 0 radical (unpaired) electrons. The molecular weight excluding hydrogens is 272 g/mol. The van der Waals surface area contributed by atoms with Crippen LogP contribution < -0.4 is 11.5 Å². The summed E-state index contributed by atoms with van der Waals surface area (Å²) in [6.45, 7) is 4.14. The van der Waals surface area contributed by atoms with Crippen LogP contribution in [0.2, 0.25) is 0 Å². The van der Waals surface area contributed by atoms with E-state index in [1.807, 2.05) is 6.07 Å². The zero-order valence-corrected chi connectivity index (χ0v) is 12.0. The number of benzene rings is 2. The Labute approximate surface area is 120 Å². The van der Waals surface area contributed by atoms with Crippen LogP contribution in [0.4, 0.5) is 5.69 Å². The highest BCUT2D eigenvalue weighted by Gasteiger charge is 2.09. The molecule has 20 heavy (non-hydrogen) atoms. The smallest absolute Gasteiger partial charge is 0.408 e. The molecule has 3 rings (SSSR count). The standard InChI is InChI=1S/C15H14N2O2S/c1-8-3-4-13(9(2)5-8)20-14-7-11-12(6-10(14)16)19-15(18)17-11/h3-7H,16H2,1-2H3,(H,17,18). The lowest BCUT2D eigenvalue weighted by atomic mass is 10.2. The number of oxazole rings is 1. The Morgan fingerprint density at radius 3 is 2.70 bits per heavy atom. The van der Waals surface area contributed by atoms with E-state index in [-0.39, 0.29) is 0 Å². The molecule has 0 aliphatic rings. The third-order valence-corrected chi connectivity index (χ3v) is 4.35. The van der Waals surface area contributed by atoms with Crippen LogP contribution in [0.15, 0.2) is 49.3 Å². The second kappa shape index (κ2) is 4.76. The summed E-state index contributed by atoms with van der Waals surface area (Å²) in [5.41, 5.74) is 10.2. The molecule has 4 nitrogen and oxygen atoms in total. The molecular formula is C15H14N2O2S. The molecule has 0 bridgehead atoms. The van der Waals surface area contributed by atoms with Gasteiger partial charge in [-0.1, -0.05) is 29.5 Å². The number of nitrogens with two attached hydrogens (primary N) is 1. The van der Waals surface area contributed by atoms with Gasteiger partial charge in [-0.3, -0.25) is 4.98 Å². The van der Waals surface area contributed by atoms with Crippen molar-refractivity contribution in [3.8, 4) is 0 Å². The van der Waals surface area contributed by atoms with Gasteiger partial charge >= 0.3 is 5.76 Å². The second-order valence-corrected chi connectivity index (χ2v) is 5.86. The van der Waals surface area contributed by atoms with Gasteiger partial charge in [-0.2, -0.15) is 0 Å². The van der Waals surface area contributed by atoms with Gasteiger partial charge in [0.2, 0.25) is 0 Å². The Morgan fingerprint density at radius 1 is 1.15 bits per heavy atom. The Kier molecular flexibility index (Phi) is 3.06. The molecule has 0 saturated carbocycles. The SMILES string of the molecule is Cc1ccc(Sc2cc3[nH]c(=O)oc3cc2N)c(C)c1. The van der Waals surface area contributed by atoms with Gasteiger partial charge in [-0.25, -0.2) is 4.79 Å². The van der Waals surface area contributed by atoms with E-state index < -0.39 is 5.76 Å². The molecule has 0 aliphatic heterocycles. The molecule has 0 aliphatic carbocycles. The largest absolute Gasteiger partial charge is 0.417 e. The van der Waals surface area contributed by atoms with Crippen molar-refractivity contribution >= 4 is 28.5 Å². The monoisotopic (exact) mass is 286 g/mol. The number of nitrogens with one attached hydrogen (secondary N) is 1. The second-order valence-electron chi connectivity index (χ2n) is 4.77. The Hall–Kier alpha value is -2.14. The van der Waals surface area contributed by atoms with E-state index in [0.29, 0.717) is 16.8 Å². The quantitative estimate of drug-likeness (QED) is 0.707. The van der Waals surface area contributed by atoms with Gasteiger partial charge in [0.1, 0.15) is 0 Å². The Morgan fingerprint density at radius 2 is 1.95 bits per heavy atom. The minimum atomic E-state index is -0.465. The van der Waals surface area contributed by atoms with E-state index in [1.165, 1.54) is 11.1 Å². The highest BCUT2D eigenvalue weighted by Crippen LogP contribution is 2.36. The van der Waals surface area contributed by atoms with E-state index in [9.17, 15) is 4.79 Å². The first-order valence-corrected chi connectivity index (χ1v) is 7.02. The molecule has 0 spiro atoms. The zero-order valence-electron chi connectivity index (χ0n) is 11.2. The number of anilines is 1. The molecule has 0 fully saturated rings. The Bertz CT molecular complexity index is 849. The maximum absolute atomic E-state index is 11.2. The van der Waals surface area contributed by atoms with Gasteiger partial charge in [0.25, 0.3) is 0 Å². The lowest BCUT2D eigenvalue weighted by Gasteiger charge is -2.08. The van der Waals surface area contributed by atoms with Crippen LogP contribution in [0, 0.1) is 13.8 Å². The lowest BCUT2D eigenvalue weighted by Crippen LogP contribution is -1.93. The molecule has 0 amide bonds.